The van der Waals surface area contributed by atoms with Gasteiger partial charge in [0.2, 0.25) is 0 Å². The second-order valence-corrected chi connectivity index (χ2v) is 8.02. The molecule has 2 N–H and O–H groups in total. The number of thioether (sulfide) groups is 1. The monoisotopic (exact) mass is 366 g/mol. The summed E-state index contributed by atoms with van der Waals surface area (Å²) in [6.45, 7) is 3.59. The van der Waals surface area contributed by atoms with Gasteiger partial charge in [0.05, 0.1) is 5.69 Å². The first-order chi connectivity index (χ1) is 11.4. The standard InChI is InChI=1S/C16H18N2O4S2/c1-9-3-4-11(22-9)14-17-10(2)12(24-14)13(19)18-16(15(20)21)5-7-23-8-6-16/h3-4H,5-8H2,1-2H3,(H,18,19)(H,20,21). The number of carbonyl (C=O) groups is 2. The lowest BCUT2D eigenvalue weighted by molar-refractivity contribution is -0.144. The normalized spacial score (nSPS) is 16.8. The first kappa shape index (κ1) is 17.0. The Balaban J connectivity index is 1.84. The Bertz CT molecular complexity index is 775. The zero-order valence-corrected chi connectivity index (χ0v) is 15.1. The third-order valence-electron chi connectivity index (χ3n) is 4.06. The molecule has 0 unspecified atom stereocenters. The van der Waals surface area contributed by atoms with E-state index in [0.717, 1.165) is 17.3 Å². The molecule has 1 aliphatic rings. The van der Waals surface area contributed by atoms with Gasteiger partial charge in [-0.3, -0.25) is 4.79 Å². The number of hydrogen-bond acceptors (Lipinski definition) is 6. The van der Waals surface area contributed by atoms with Gasteiger partial charge in [0.25, 0.3) is 5.91 Å². The average molecular weight is 366 g/mol. The van der Waals surface area contributed by atoms with Crippen molar-refractivity contribution in [2.45, 2.75) is 32.2 Å². The first-order valence-electron chi connectivity index (χ1n) is 7.59. The molecule has 2 aromatic rings. The molecule has 3 rings (SSSR count). The molecule has 6 nitrogen and oxygen atoms in total. The molecular formula is C16H18N2O4S2. The molecule has 0 radical (unpaired) electrons. The maximum absolute atomic E-state index is 12.7. The molecule has 0 aliphatic carbocycles. The molecule has 0 saturated carbocycles. The lowest BCUT2D eigenvalue weighted by Crippen LogP contribution is -2.56. The van der Waals surface area contributed by atoms with Crippen LogP contribution in [-0.2, 0) is 4.79 Å². The molecule has 128 valence electrons. The Hall–Kier alpha value is -1.80. The summed E-state index contributed by atoms with van der Waals surface area (Å²) in [7, 11) is 0. The smallest absolute Gasteiger partial charge is 0.329 e. The molecule has 8 heteroatoms. The fourth-order valence-electron chi connectivity index (χ4n) is 2.65. The van der Waals surface area contributed by atoms with Gasteiger partial charge in [0.1, 0.15) is 16.2 Å². The van der Waals surface area contributed by atoms with Crippen LogP contribution in [0.15, 0.2) is 16.5 Å². The van der Waals surface area contributed by atoms with Crippen molar-refractivity contribution in [1.29, 1.82) is 0 Å². The number of rotatable bonds is 4. The number of aryl methyl sites for hydroxylation is 2. The van der Waals surface area contributed by atoms with E-state index in [1.165, 1.54) is 11.3 Å². The van der Waals surface area contributed by atoms with E-state index in [0.29, 0.717) is 34.2 Å². The van der Waals surface area contributed by atoms with E-state index in [-0.39, 0.29) is 5.91 Å². The number of furan rings is 1. The van der Waals surface area contributed by atoms with Gasteiger partial charge >= 0.3 is 5.97 Å². The molecule has 24 heavy (non-hydrogen) atoms. The number of aromatic nitrogens is 1. The van der Waals surface area contributed by atoms with Crippen molar-refractivity contribution in [3.8, 4) is 10.8 Å². The summed E-state index contributed by atoms with van der Waals surface area (Å²) in [4.78, 5) is 29.2. The van der Waals surface area contributed by atoms with Gasteiger partial charge in [-0.2, -0.15) is 11.8 Å². The summed E-state index contributed by atoms with van der Waals surface area (Å²) < 4.78 is 5.54. The highest BCUT2D eigenvalue weighted by Gasteiger charge is 2.42. The lowest BCUT2D eigenvalue weighted by Gasteiger charge is -2.33. The van der Waals surface area contributed by atoms with Gasteiger partial charge in [0, 0.05) is 0 Å². The van der Waals surface area contributed by atoms with Crippen molar-refractivity contribution >= 4 is 35.0 Å². The van der Waals surface area contributed by atoms with Gasteiger partial charge in [-0.05, 0) is 50.3 Å². The molecule has 3 heterocycles. The van der Waals surface area contributed by atoms with Gasteiger partial charge in [-0.25, -0.2) is 9.78 Å². The predicted octanol–water partition coefficient (Wildman–Crippen LogP) is 3.10. The molecule has 0 aromatic carbocycles. The molecule has 0 atom stereocenters. The second-order valence-electron chi connectivity index (χ2n) is 5.80. The number of thiazole rings is 1. The van der Waals surface area contributed by atoms with Crippen LogP contribution in [0.3, 0.4) is 0 Å². The quantitative estimate of drug-likeness (QED) is 0.864. The van der Waals surface area contributed by atoms with Crippen LogP contribution < -0.4 is 5.32 Å². The van der Waals surface area contributed by atoms with Gasteiger partial charge in [0.15, 0.2) is 10.8 Å². The Morgan fingerprint density at radius 1 is 1.29 bits per heavy atom. The third kappa shape index (κ3) is 3.21. The molecule has 1 amide bonds. The lowest BCUT2D eigenvalue weighted by atomic mass is 9.92. The van der Waals surface area contributed by atoms with Crippen LogP contribution in [0.25, 0.3) is 10.8 Å². The number of carbonyl (C=O) groups excluding carboxylic acids is 1. The SMILES string of the molecule is Cc1ccc(-c2nc(C)c(C(=O)NC3(C(=O)O)CCSCC3)s2)o1. The fourth-order valence-corrected chi connectivity index (χ4v) is 4.76. The maximum atomic E-state index is 12.7. The minimum Gasteiger partial charge on any atom is -0.480 e. The van der Waals surface area contributed by atoms with E-state index < -0.39 is 11.5 Å². The van der Waals surface area contributed by atoms with E-state index in [1.54, 1.807) is 18.7 Å². The van der Waals surface area contributed by atoms with Gasteiger partial charge < -0.3 is 14.8 Å². The highest BCUT2D eigenvalue weighted by molar-refractivity contribution is 7.99. The number of nitrogens with zero attached hydrogens (tertiary/aromatic N) is 1. The van der Waals surface area contributed by atoms with Crippen LogP contribution in [0.2, 0.25) is 0 Å². The van der Waals surface area contributed by atoms with Crippen LogP contribution in [0.4, 0.5) is 0 Å². The van der Waals surface area contributed by atoms with Crippen LogP contribution in [0.5, 0.6) is 0 Å². The Morgan fingerprint density at radius 2 is 2.00 bits per heavy atom. The Kier molecular flexibility index (Phi) is 4.69. The fraction of sp³-hybridized carbons (Fsp3) is 0.438. The summed E-state index contributed by atoms with van der Waals surface area (Å²) >= 11 is 2.93. The zero-order valence-electron chi connectivity index (χ0n) is 13.4. The molecule has 2 aromatic heterocycles. The van der Waals surface area contributed by atoms with Crippen molar-refractivity contribution in [2.24, 2.45) is 0 Å². The highest BCUT2D eigenvalue weighted by Crippen LogP contribution is 2.31. The van der Waals surface area contributed by atoms with E-state index >= 15 is 0 Å². The Labute approximate surface area is 147 Å². The molecule has 0 bridgehead atoms. The largest absolute Gasteiger partial charge is 0.480 e. The van der Waals surface area contributed by atoms with Crippen molar-refractivity contribution in [2.75, 3.05) is 11.5 Å². The van der Waals surface area contributed by atoms with Crippen molar-refractivity contribution in [1.82, 2.24) is 10.3 Å². The van der Waals surface area contributed by atoms with E-state index in [9.17, 15) is 14.7 Å². The maximum Gasteiger partial charge on any atom is 0.329 e. The molecule has 1 fully saturated rings. The van der Waals surface area contributed by atoms with Crippen LogP contribution in [0.1, 0.15) is 34.0 Å². The topological polar surface area (TPSA) is 92.4 Å². The highest BCUT2D eigenvalue weighted by atomic mass is 32.2. The van der Waals surface area contributed by atoms with Crippen molar-refractivity contribution < 1.29 is 19.1 Å². The number of aliphatic carboxylic acids is 1. The summed E-state index contributed by atoms with van der Waals surface area (Å²) in [5, 5.41) is 13.0. The first-order valence-corrected chi connectivity index (χ1v) is 9.56. The summed E-state index contributed by atoms with van der Waals surface area (Å²) in [6.07, 6.45) is 0.863. The Morgan fingerprint density at radius 3 is 2.58 bits per heavy atom. The molecule has 1 saturated heterocycles. The number of hydrogen-bond donors (Lipinski definition) is 2. The van der Waals surface area contributed by atoms with Gasteiger partial charge in [-0.15, -0.1) is 11.3 Å². The van der Waals surface area contributed by atoms with E-state index in [2.05, 4.69) is 10.3 Å². The third-order valence-corrected chi connectivity index (χ3v) is 6.22. The minimum absolute atomic E-state index is 0.381. The average Bonchev–Trinajstić information content (AvgIpc) is 3.14. The molecular weight excluding hydrogens is 348 g/mol. The minimum atomic E-state index is -1.18. The number of amides is 1. The van der Waals surface area contributed by atoms with Crippen LogP contribution >= 0.6 is 23.1 Å². The molecule has 0 spiro atoms. The number of carboxylic acids is 1. The number of carboxylic acid groups (broad SMARTS) is 1. The van der Waals surface area contributed by atoms with Crippen LogP contribution in [0, 0.1) is 13.8 Å². The summed E-state index contributed by atoms with van der Waals surface area (Å²) in [5.41, 5.74) is -0.604. The van der Waals surface area contributed by atoms with E-state index in [4.69, 9.17) is 4.42 Å². The van der Waals surface area contributed by atoms with Gasteiger partial charge in [-0.1, -0.05) is 0 Å². The van der Waals surface area contributed by atoms with Crippen LogP contribution in [-0.4, -0.2) is 39.0 Å². The second kappa shape index (κ2) is 6.60. The summed E-state index contributed by atoms with van der Waals surface area (Å²) in [6, 6.07) is 3.65. The van der Waals surface area contributed by atoms with Crippen molar-refractivity contribution in [3.05, 3.63) is 28.5 Å². The number of nitrogens with one attached hydrogen (secondary N) is 1. The summed E-state index contributed by atoms with van der Waals surface area (Å²) in [5.74, 6) is 1.49. The zero-order chi connectivity index (χ0) is 17.3. The molecule has 1 aliphatic heterocycles. The van der Waals surface area contributed by atoms with Crippen molar-refractivity contribution in [3.63, 3.8) is 0 Å². The van der Waals surface area contributed by atoms with E-state index in [1.807, 2.05) is 19.1 Å². The predicted molar refractivity (Wildman–Crippen MR) is 93.7 cm³/mol.